The van der Waals surface area contributed by atoms with E-state index in [1.165, 1.54) is 27.1 Å². The fraction of sp³-hybridized carbons (Fsp3) is 0.217. The third kappa shape index (κ3) is 3.90. The molecule has 1 atom stereocenters. The normalized spacial score (nSPS) is 14.1. The van der Waals surface area contributed by atoms with Crippen LogP contribution in [0, 0.1) is 0 Å². The van der Waals surface area contributed by atoms with Gasteiger partial charge in [0.1, 0.15) is 0 Å². The summed E-state index contributed by atoms with van der Waals surface area (Å²) < 4.78 is 1.45. The summed E-state index contributed by atoms with van der Waals surface area (Å²) in [4.78, 5) is 0. The second-order valence-corrected chi connectivity index (χ2v) is 12.7. The second kappa shape index (κ2) is 10.5. The summed E-state index contributed by atoms with van der Waals surface area (Å²) in [6.45, 7) is 4.84. The van der Waals surface area contributed by atoms with Crippen LogP contribution < -0.4 is 46.3 Å². The van der Waals surface area contributed by atoms with Gasteiger partial charge in [-0.15, -0.1) is 0 Å². The van der Waals surface area contributed by atoms with E-state index in [9.17, 15) is 0 Å². The van der Waals surface area contributed by atoms with Crippen LogP contribution >= 0.6 is 0 Å². The van der Waals surface area contributed by atoms with Gasteiger partial charge in [0.05, 0.1) is 0 Å². The van der Waals surface area contributed by atoms with Crippen LogP contribution in [0.4, 0.5) is 0 Å². The predicted octanol–water partition coefficient (Wildman–Crippen LogP) is -4.08. The molecular formula is C23H23Cl3SiTi. The molecule has 0 N–H and O–H groups in total. The zero-order valence-corrected chi connectivity index (χ0v) is 20.9. The first kappa shape index (κ1) is 25.5. The fourth-order valence-electron chi connectivity index (χ4n) is 4.84. The van der Waals surface area contributed by atoms with Crippen LogP contribution in [-0.2, 0) is 20.4 Å². The van der Waals surface area contributed by atoms with Crippen molar-refractivity contribution in [1.29, 1.82) is 0 Å². The molecule has 144 valence electrons. The van der Waals surface area contributed by atoms with Gasteiger partial charge in [0.2, 0.25) is 0 Å². The van der Waals surface area contributed by atoms with Crippen molar-refractivity contribution in [3.8, 4) is 11.1 Å². The standard InChI is InChI=1S/C23H23Si.3ClH.Ti/c1-3-24(4-2,18-12-6-5-7-13-18)23-21-16-10-8-14-19(21)20-15-9-11-17-22(20)23;;;;/h5-16,23H,3-4H2,1-2H3;3*1H;/q;;;;+3/p-3. The van der Waals surface area contributed by atoms with E-state index in [0.717, 1.165) is 0 Å². The van der Waals surface area contributed by atoms with E-state index in [4.69, 9.17) is 0 Å². The van der Waals surface area contributed by atoms with Crippen molar-refractivity contribution in [2.45, 2.75) is 31.5 Å². The van der Waals surface area contributed by atoms with Crippen LogP contribution in [0.1, 0.15) is 30.5 Å². The van der Waals surface area contributed by atoms with E-state index in [2.05, 4.69) is 107 Å². The first-order valence-corrected chi connectivity index (χ1v) is 12.5. The monoisotopic (exact) mass is 480 g/mol. The van der Waals surface area contributed by atoms with E-state index in [1.54, 1.807) is 16.3 Å². The number of halogens is 3. The zero-order valence-electron chi connectivity index (χ0n) is 16.1. The molecule has 0 saturated heterocycles. The molecule has 0 spiro atoms. The van der Waals surface area contributed by atoms with Crippen LogP contribution in [0.3, 0.4) is 0 Å². The molecule has 5 heteroatoms. The maximum absolute atomic E-state index is 2.42. The summed E-state index contributed by atoms with van der Waals surface area (Å²) in [5.41, 5.74) is 6.66. The summed E-state index contributed by atoms with van der Waals surface area (Å²) in [6, 6.07) is 29.9. The van der Waals surface area contributed by atoms with Gasteiger partial charge in [0.15, 0.2) is 0 Å². The smallest absolute Gasteiger partial charge is 1.00 e. The summed E-state index contributed by atoms with van der Waals surface area (Å²) in [5, 5.41) is 1.61. The van der Waals surface area contributed by atoms with Gasteiger partial charge in [-0.2, -0.15) is 0 Å². The van der Waals surface area contributed by atoms with E-state index < -0.39 is 8.07 Å². The molecule has 4 rings (SSSR count). The number of benzene rings is 3. The molecule has 0 aromatic heterocycles. The molecule has 1 aliphatic carbocycles. The molecule has 3 aromatic carbocycles. The molecule has 1 aliphatic rings. The first-order valence-electron chi connectivity index (χ1n) is 9.22. The molecule has 28 heavy (non-hydrogen) atoms. The van der Waals surface area contributed by atoms with Gasteiger partial charge in [-0.1, -0.05) is 0 Å². The Morgan fingerprint density at radius 2 is 1.29 bits per heavy atom. The minimum absolute atomic E-state index is 0. The van der Waals surface area contributed by atoms with Gasteiger partial charge < -0.3 is 37.2 Å². The van der Waals surface area contributed by atoms with Crippen molar-refractivity contribution in [3.63, 3.8) is 0 Å². The van der Waals surface area contributed by atoms with Gasteiger partial charge in [-0.05, 0) is 0 Å². The van der Waals surface area contributed by atoms with E-state index in [1.807, 2.05) is 0 Å². The van der Waals surface area contributed by atoms with Crippen molar-refractivity contribution in [2.75, 3.05) is 0 Å². The first-order chi connectivity index (χ1) is 12.2. The maximum atomic E-state index is 2.42. The zero-order chi connectivity index (χ0) is 17.4. The number of rotatable bonds is 4. The van der Waals surface area contributed by atoms with Crippen molar-refractivity contribution >= 4 is 17.1 Å². The largest absolute Gasteiger partial charge is 1.00 e. The Morgan fingerprint density at radius 1 is 0.714 bits per heavy atom. The van der Waals surface area contributed by atoms with Gasteiger partial charge >= 0.3 is 164 Å². The Labute approximate surface area is 200 Å². The molecule has 1 unspecified atom stereocenters. The van der Waals surface area contributed by atoms with Crippen molar-refractivity contribution in [2.24, 2.45) is 0 Å². The molecule has 0 radical (unpaired) electrons. The average Bonchev–Trinajstić information content (AvgIpc) is 3.01. The summed E-state index contributed by atoms with van der Waals surface area (Å²) >= 11 is 2.30. The molecule has 0 bridgehead atoms. The summed E-state index contributed by atoms with van der Waals surface area (Å²) in [6.07, 6.45) is 0. The Kier molecular flexibility index (Phi) is 9.54. The molecule has 0 fully saturated rings. The van der Waals surface area contributed by atoms with Crippen LogP contribution in [0.5, 0.6) is 0 Å². The molecule has 0 nitrogen and oxygen atoms in total. The van der Waals surface area contributed by atoms with Crippen LogP contribution in [-0.4, -0.2) is 8.07 Å². The van der Waals surface area contributed by atoms with E-state index in [-0.39, 0.29) is 37.2 Å². The van der Waals surface area contributed by atoms with Gasteiger partial charge in [-0.25, -0.2) is 0 Å². The number of hydrogen-bond donors (Lipinski definition) is 0. The average molecular weight is 482 g/mol. The number of fused-ring (bicyclic) bond motifs is 3. The Balaban J connectivity index is 0.00000131. The van der Waals surface area contributed by atoms with Crippen molar-refractivity contribution in [3.05, 3.63) is 83.9 Å². The molecule has 0 saturated carbocycles. The Bertz CT molecular complexity index is 911. The molecule has 3 aromatic rings. The minimum Gasteiger partial charge on any atom is -1.00 e. The molecule has 0 amide bonds. The molecule has 0 aliphatic heterocycles. The maximum Gasteiger partial charge on any atom is -1.00 e. The minimum atomic E-state index is -1.72. The fourth-order valence-corrected chi connectivity index (χ4v) is 10.7. The van der Waals surface area contributed by atoms with Crippen molar-refractivity contribution in [1.82, 2.24) is 0 Å². The summed E-state index contributed by atoms with van der Waals surface area (Å²) in [7, 11) is -1.72. The third-order valence-electron chi connectivity index (χ3n) is 6.12. The number of hydrogen-bond acceptors (Lipinski definition) is 0. The van der Waals surface area contributed by atoms with E-state index in [0.29, 0.717) is 5.54 Å². The van der Waals surface area contributed by atoms with Crippen molar-refractivity contribution < 1.29 is 57.7 Å². The SMILES string of the molecule is CC[Si](CC)(c1ccccc1)C1c2ccccc2-c2ccc[c]([Ti+3])c21.[Cl-].[Cl-].[Cl-]. The quantitative estimate of drug-likeness (QED) is 0.333. The van der Waals surface area contributed by atoms with Gasteiger partial charge in [-0.3, -0.25) is 0 Å². The van der Waals surface area contributed by atoms with Crippen LogP contribution in [0.25, 0.3) is 11.1 Å². The predicted molar refractivity (Wildman–Crippen MR) is 106 cm³/mol. The third-order valence-corrected chi connectivity index (χ3v) is 12.5. The van der Waals surface area contributed by atoms with Gasteiger partial charge in [0, 0.05) is 0 Å². The Morgan fingerprint density at radius 3 is 1.93 bits per heavy atom. The Hall–Kier alpha value is -0.539. The molecule has 0 heterocycles. The van der Waals surface area contributed by atoms with E-state index >= 15 is 0 Å². The summed E-state index contributed by atoms with van der Waals surface area (Å²) in [5.74, 6) is 0. The second-order valence-electron chi connectivity index (χ2n) is 7.02. The van der Waals surface area contributed by atoms with Crippen LogP contribution in [0.15, 0.2) is 72.8 Å². The topological polar surface area (TPSA) is 0 Å². The molecular weight excluding hydrogens is 459 g/mol. The van der Waals surface area contributed by atoms with Gasteiger partial charge in [0.25, 0.3) is 0 Å². The van der Waals surface area contributed by atoms with Crippen LogP contribution in [0.2, 0.25) is 12.1 Å².